The van der Waals surface area contributed by atoms with Crippen LogP contribution in [-0.2, 0) is 13.1 Å². The highest BCUT2D eigenvalue weighted by Gasteiger charge is 2.17. The van der Waals surface area contributed by atoms with Gasteiger partial charge >= 0.3 is 0 Å². The normalized spacial score (nSPS) is 10.7. The van der Waals surface area contributed by atoms with Crippen molar-refractivity contribution in [2.75, 3.05) is 26.6 Å². The summed E-state index contributed by atoms with van der Waals surface area (Å²) in [5.74, 6) is 2.49. The lowest BCUT2D eigenvalue weighted by molar-refractivity contribution is 0.355. The first-order valence-electron chi connectivity index (χ1n) is 10.5. The van der Waals surface area contributed by atoms with Gasteiger partial charge in [0.1, 0.15) is 11.5 Å². The van der Waals surface area contributed by atoms with Gasteiger partial charge in [-0.1, -0.05) is 12.1 Å². The fraction of sp³-hybridized carbons (Fsp3) is 0.200. The molecule has 0 fully saturated rings. The van der Waals surface area contributed by atoms with E-state index in [1.807, 2.05) is 53.4 Å². The second-order valence-corrected chi connectivity index (χ2v) is 7.87. The van der Waals surface area contributed by atoms with Crippen LogP contribution in [0.5, 0.6) is 17.2 Å². The molecule has 2 aromatic carbocycles. The van der Waals surface area contributed by atoms with Crippen molar-refractivity contribution in [2.24, 2.45) is 0 Å². The van der Waals surface area contributed by atoms with Gasteiger partial charge in [0.05, 0.1) is 51.9 Å². The van der Waals surface area contributed by atoms with Crippen LogP contribution in [0.3, 0.4) is 0 Å². The summed E-state index contributed by atoms with van der Waals surface area (Å²) < 4.78 is 21.7. The molecule has 0 aliphatic heterocycles. The minimum atomic E-state index is -0.218. The Bertz CT molecular complexity index is 1350. The Morgan fingerprint density at radius 2 is 1.71 bits per heavy atom. The van der Waals surface area contributed by atoms with Crippen molar-refractivity contribution in [1.82, 2.24) is 9.88 Å². The van der Waals surface area contributed by atoms with Crippen LogP contribution in [-0.4, -0.2) is 36.3 Å². The number of methoxy groups -OCH3 is 3. The summed E-state index contributed by atoms with van der Waals surface area (Å²) in [5, 5.41) is 4.46. The molecule has 0 bridgehead atoms. The highest BCUT2D eigenvalue weighted by molar-refractivity contribution is 7.80. The van der Waals surface area contributed by atoms with E-state index in [4.69, 9.17) is 30.8 Å². The zero-order valence-electron chi connectivity index (χ0n) is 19.1. The number of aromatic amines is 1. The van der Waals surface area contributed by atoms with E-state index in [1.54, 1.807) is 33.7 Å². The third kappa shape index (κ3) is 4.99. The lowest BCUT2D eigenvalue weighted by atomic mass is 10.1. The number of hydrogen-bond acceptors (Lipinski definition) is 6. The zero-order chi connectivity index (χ0) is 24.1. The maximum Gasteiger partial charge on any atom is 0.253 e. The molecular formula is C25H25N3O5S. The van der Waals surface area contributed by atoms with Gasteiger partial charge in [-0.25, -0.2) is 0 Å². The lowest BCUT2D eigenvalue weighted by Gasteiger charge is -2.25. The third-order valence-electron chi connectivity index (χ3n) is 5.35. The van der Waals surface area contributed by atoms with Crippen molar-refractivity contribution in [1.29, 1.82) is 0 Å². The van der Waals surface area contributed by atoms with E-state index in [0.717, 1.165) is 11.1 Å². The van der Waals surface area contributed by atoms with Crippen LogP contribution < -0.4 is 25.1 Å². The minimum Gasteiger partial charge on any atom is -0.495 e. The number of para-hydroxylation sites is 2. The molecule has 0 aliphatic carbocycles. The molecule has 0 amide bonds. The number of nitrogens with zero attached hydrogens (tertiary/aromatic N) is 1. The van der Waals surface area contributed by atoms with Crippen LogP contribution >= 0.6 is 12.2 Å². The van der Waals surface area contributed by atoms with E-state index in [1.165, 1.54) is 0 Å². The number of furan rings is 1. The number of H-pyrrole nitrogens is 1. The molecule has 0 radical (unpaired) electrons. The molecule has 4 rings (SSSR count). The summed E-state index contributed by atoms with van der Waals surface area (Å²) in [4.78, 5) is 17.7. The number of benzene rings is 2. The Labute approximate surface area is 202 Å². The summed E-state index contributed by atoms with van der Waals surface area (Å²) in [7, 11) is 4.73. The third-order valence-corrected chi connectivity index (χ3v) is 5.71. The van der Waals surface area contributed by atoms with Gasteiger partial charge in [-0.15, -0.1) is 0 Å². The van der Waals surface area contributed by atoms with Gasteiger partial charge in [0.2, 0.25) is 0 Å². The number of anilines is 1. The molecule has 0 spiro atoms. The summed E-state index contributed by atoms with van der Waals surface area (Å²) in [5.41, 5.74) is 1.70. The molecule has 2 N–H and O–H groups in total. The van der Waals surface area contributed by atoms with Crippen LogP contribution in [0.1, 0.15) is 11.3 Å². The van der Waals surface area contributed by atoms with Crippen LogP contribution in [0.25, 0.3) is 10.9 Å². The lowest BCUT2D eigenvalue weighted by Crippen LogP contribution is -2.35. The molecule has 9 heteroatoms. The van der Waals surface area contributed by atoms with Gasteiger partial charge in [-0.3, -0.25) is 4.79 Å². The van der Waals surface area contributed by atoms with Gasteiger partial charge in [0, 0.05) is 17.0 Å². The Morgan fingerprint density at radius 1 is 0.971 bits per heavy atom. The predicted octanol–water partition coefficient (Wildman–Crippen LogP) is 4.55. The Morgan fingerprint density at radius 3 is 2.41 bits per heavy atom. The maximum absolute atomic E-state index is 12.9. The number of pyridine rings is 1. The van der Waals surface area contributed by atoms with E-state index in [0.29, 0.717) is 45.7 Å². The number of fused-ring (bicyclic) bond motifs is 1. The number of rotatable bonds is 8. The van der Waals surface area contributed by atoms with Gasteiger partial charge in [0.15, 0.2) is 16.6 Å². The number of thiocarbonyl (C=S) groups is 1. The molecule has 0 aliphatic rings. The molecule has 2 heterocycles. The monoisotopic (exact) mass is 479 g/mol. The van der Waals surface area contributed by atoms with Crippen LogP contribution in [0.4, 0.5) is 5.69 Å². The largest absolute Gasteiger partial charge is 0.495 e. The molecule has 0 saturated carbocycles. The van der Waals surface area contributed by atoms with E-state index in [-0.39, 0.29) is 12.1 Å². The second kappa shape index (κ2) is 10.3. The molecule has 4 aromatic rings. The molecule has 8 nitrogen and oxygen atoms in total. The standard InChI is InChI=1S/C25H25N3O5S/c1-30-21-9-5-4-8-19(21)27-25(34)28(15-18-7-6-10-33-18)14-17-11-16-12-22(31-2)23(32-3)13-20(16)26-24(17)29/h4-13H,14-15H2,1-3H3,(H,26,29)(H,27,34). The molecule has 176 valence electrons. The number of nitrogens with one attached hydrogen (secondary N) is 2. The van der Waals surface area contributed by atoms with Crippen molar-refractivity contribution in [2.45, 2.75) is 13.1 Å². The number of hydrogen-bond donors (Lipinski definition) is 2. The average Bonchev–Trinajstić information content (AvgIpc) is 3.36. The van der Waals surface area contributed by atoms with Crippen molar-refractivity contribution in [3.05, 3.63) is 82.5 Å². The van der Waals surface area contributed by atoms with Crippen molar-refractivity contribution in [3.63, 3.8) is 0 Å². The fourth-order valence-corrected chi connectivity index (χ4v) is 3.87. The zero-order valence-corrected chi connectivity index (χ0v) is 19.9. The Kier molecular flexibility index (Phi) is 7.03. The van der Waals surface area contributed by atoms with E-state index in [2.05, 4.69) is 10.3 Å². The molecule has 0 saturated heterocycles. The topological polar surface area (TPSA) is 89.0 Å². The van der Waals surface area contributed by atoms with Crippen molar-refractivity contribution in [3.8, 4) is 17.2 Å². The maximum atomic E-state index is 12.9. The Balaban J connectivity index is 1.67. The van der Waals surface area contributed by atoms with E-state index < -0.39 is 0 Å². The molecule has 34 heavy (non-hydrogen) atoms. The summed E-state index contributed by atoms with van der Waals surface area (Å²) in [6, 6.07) is 16.6. The molecular weight excluding hydrogens is 454 g/mol. The molecule has 2 aromatic heterocycles. The summed E-state index contributed by atoms with van der Waals surface area (Å²) in [6.07, 6.45) is 1.60. The average molecular weight is 480 g/mol. The van der Waals surface area contributed by atoms with Crippen LogP contribution in [0.15, 0.2) is 70.1 Å². The van der Waals surface area contributed by atoms with Crippen LogP contribution in [0.2, 0.25) is 0 Å². The first-order chi connectivity index (χ1) is 16.5. The first-order valence-corrected chi connectivity index (χ1v) is 10.9. The van der Waals surface area contributed by atoms with Crippen LogP contribution in [0, 0.1) is 0 Å². The van der Waals surface area contributed by atoms with Gasteiger partial charge in [-0.2, -0.15) is 0 Å². The number of ether oxygens (including phenoxy) is 3. The molecule has 0 atom stereocenters. The Hall–Kier alpha value is -3.98. The SMILES string of the molecule is COc1ccccc1NC(=S)N(Cc1ccco1)Cc1cc2cc(OC)c(OC)cc2[nH]c1=O. The predicted molar refractivity (Wildman–Crippen MR) is 135 cm³/mol. The van der Waals surface area contributed by atoms with Crippen molar-refractivity contribution < 1.29 is 18.6 Å². The smallest absolute Gasteiger partial charge is 0.253 e. The highest BCUT2D eigenvalue weighted by Crippen LogP contribution is 2.31. The fourth-order valence-electron chi connectivity index (χ4n) is 3.63. The molecule has 0 unspecified atom stereocenters. The first kappa shape index (κ1) is 23.2. The van der Waals surface area contributed by atoms with E-state index >= 15 is 0 Å². The summed E-state index contributed by atoms with van der Waals surface area (Å²) in [6.45, 7) is 0.624. The van der Waals surface area contributed by atoms with Crippen molar-refractivity contribution >= 4 is 33.9 Å². The second-order valence-electron chi connectivity index (χ2n) is 7.48. The number of aromatic nitrogens is 1. The van der Waals surface area contributed by atoms with Gasteiger partial charge in [-0.05, 0) is 48.6 Å². The van der Waals surface area contributed by atoms with E-state index in [9.17, 15) is 4.79 Å². The highest BCUT2D eigenvalue weighted by atomic mass is 32.1. The minimum absolute atomic E-state index is 0.218. The van der Waals surface area contributed by atoms with Gasteiger partial charge < -0.3 is 33.8 Å². The summed E-state index contributed by atoms with van der Waals surface area (Å²) >= 11 is 5.72. The van der Waals surface area contributed by atoms with Gasteiger partial charge in [0.25, 0.3) is 5.56 Å². The quantitative estimate of drug-likeness (QED) is 0.356.